The zero-order valence-electron chi connectivity index (χ0n) is 12.5. The molecule has 1 aliphatic heterocycles. The lowest BCUT2D eigenvalue weighted by molar-refractivity contribution is -0.139. The lowest BCUT2D eigenvalue weighted by Gasteiger charge is -2.36. The van der Waals surface area contributed by atoms with Crippen molar-refractivity contribution in [3.63, 3.8) is 0 Å². The number of hydrogen-bond acceptors (Lipinski definition) is 2. The average Bonchev–Trinajstić information content (AvgIpc) is 2.38. The van der Waals surface area contributed by atoms with Gasteiger partial charge >= 0.3 is 0 Å². The second-order valence-electron chi connectivity index (χ2n) is 5.88. The molecule has 0 atom stereocenters. The fourth-order valence-corrected chi connectivity index (χ4v) is 2.85. The van der Waals surface area contributed by atoms with Gasteiger partial charge in [0.1, 0.15) is 0 Å². The van der Waals surface area contributed by atoms with Crippen molar-refractivity contribution in [2.75, 3.05) is 19.6 Å². The molecule has 0 spiro atoms. The smallest absolute Gasteiger partial charge is 0.226 e. The number of carbonyl (C=O) groups is 1. The number of nitrogens with zero attached hydrogens (tertiary/aromatic N) is 1. The Labute approximate surface area is 112 Å². The van der Waals surface area contributed by atoms with Gasteiger partial charge in [-0.25, -0.2) is 0 Å². The Morgan fingerprint density at radius 3 is 2.22 bits per heavy atom. The Kier molecular flexibility index (Phi) is 6.69. The van der Waals surface area contributed by atoms with Gasteiger partial charge < -0.3 is 10.2 Å². The fraction of sp³-hybridized carbons (Fsp3) is 0.933. The number of piperidine rings is 1. The summed E-state index contributed by atoms with van der Waals surface area (Å²) in [7, 11) is 0. The zero-order chi connectivity index (χ0) is 13.5. The first kappa shape index (κ1) is 15.5. The van der Waals surface area contributed by atoms with Crippen LogP contribution in [0, 0.1) is 11.8 Å². The third-order valence-electron chi connectivity index (χ3n) is 3.92. The Morgan fingerprint density at radius 2 is 1.78 bits per heavy atom. The molecule has 1 saturated heterocycles. The topological polar surface area (TPSA) is 32.3 Å². The van der Waals surface area contributed by atoms with Crippen LogP contribution < -0.4 is 5.32 Å². The maximum absolute atomic E-state index is 12.7. The SMILES string of the molecule is CCC(CC)N(CC(C)C)C(=O)C1CCNCC1. The normalized spacial score (nSPS) is 17.4. The lowest BCUT2D eigenvalue weighted by atomic mass is 9.94. The van der Waals surface area contributed by atoms with E-state index in [1.807, 2.05) is 0 Å². The minimum Gasteiger partial charge on any atom is -0.339 e. The van der Waals surface area contributed by atoms with Gasteiger partial charge in [-0.2, -0.15) is 0 Å². The van der Waals surface area contributed by atoms with E-state index in [0.29, 0.717) is 17.9 Å². The summed E-state index contributed by atoms with van der Waals surface area (Å²) in [6.07, 6.45) is 4.15. The summed E-state index contributed by atoms with van der Waals surface area (Å²) in [5, 5.41) is 3.34. The molecule has 0 aromatic rings. The first-order valence-electron chi connectivity index (χ1n) is 7.61. The highest BCUT2D eigenvalue weighted by atomic mass is 16.2. The molecule has 0 unspecified atom stereocenters. The molecule has 1 fully saturated rings. The van der Waals surface area contributed by atoms with Crippen LogP contribution in [0.15, 0.2) is 0 Å². The van der Waals surface area contributed by atoms with Gasteiger partial charge in [0, 0.05) is 18.5 Å². The van der Waals surface area contributed by atoms with Crippen LogP contribution in [0.5, 0.6) is 0 Å². The molecule has 106 valence electrons. The van der Waals surface area contributed by atoms with Crippen molar-refractivity contribution in [2.24, 2.45) is 11.8 Å². The van der Waals surface area contributed by atoms with Crippen LogP contribution in [0.1, 0.15) is 53.4 Å². The number of carbonyl (C=O) groups excluding carboxylic acids is 1. The molecule has 0 radical (unpaired) electrons. The molecule has 0 aromatic carbocycles. The molecule has 0 aliphatic carbocycles. The van der Waals surface area contributed by atoms with Gasteiger partial charge in [0.25, 0.3) is 0 Å². The van der Waals surface area contributed by atoms with Crippen molar-refractivity contribution < 1.29 is 4.79 Å². The van der Waals surface area contributed by atoms with Crippen LogP contribution in [-0.4, -0.2) is 36.5 Å². The Bertz CT molecular complexity index is 243. The molecule has 1 amide bonds. The Morgan fingerprint density at radius 1 is 1.22 bits per heavy atom. The van der Waals surface area contributed by atoms with E-state index >= 15 is 0 Å². The van der Waals surface area contributed by atoms with Crippen LogP contribution in [-0.2, 0) is 4.79 Å². The number of amides is 1. The lowest BCUT2D eigenvalue weighted by Crippen LogP contribution is -2.47. The van der Waals surface area contributed by atoms with Crippen molar-refractivity contribution in [3.05, 3.63) is 0 Å². The molecule has 1 heterocycles. The molecule has 3 heteroatoms. The molecule has 0 saturated carbocycles. The van der Waals surface area contributed by atoms with E-state index in [9.17, 15) is 4.79 Å². The maximum Gasteiger partial charge on any atom is 0.226 e. The number of nitrogens with one attached hydrogen (secondary N) is 1. The van der Waals surface area contributed by atoms with Gasteiger partial charge in [0.2, 0.25) is 5.91 Å². The van der Waals surface area contributed by atoms with E-state index in [4.69, 9.17) is 0 Å². The summed E-state index contributed by atoms with van der Waals surface area (Å²) in [5.74, 6) is 1.21. The van der Waals surface area contributed by atoms with Crippen molar-refractivity contribution in [2.45, 2.75) is 59.4 Å². The minimum absolute atomic E-state index is 0.255. The van der Waals surface area contributed by atoms with E-state index in [1.165, 1.54) is 0 Å². The largest absolute Gasteiger partial charge is 0.339 e. The van der Waals surface area contributed by atoms with E-state index in [0.717, 1.165) is 45.3 Å². The van der Waals surface area contributed by atoms with Crippen LogP contribution in [0.4, 0.5) is 0 Å². The fourth-order valence-electron chi connectivity index (χ4n) is 2.85. The average molecular weight is 254 g/mol. The second kappa shape index (κ2) is 7.78. The third kappa shape index (κ3) is 4.27. The highest BCUT2D eigenvalue weighted by Crippen LogP contribution is 2.20. The number of hydrogen-bond donors (Lipinski definition) is 1. The van der Waals surface area contributed by atoms with Crippen molar-refractivity contribution in [3.8, 4) is 0 Å². The minimum atomic E-state index is 0.255. The second-order valence-corrected chi connectivity index (χ2v) is 5.88. The Hall–Kier alpha value is -0.570. The Balaban J connectivity index is 2.70. The monoisotopic (exact) mass is 254 g/mol. The van der Waals surface area contributed by atoms with E-state index < -0.39 is 0 Å². The van der Waals surface area contributed by atoms with Crippen LogP contribution in [0.25, 0.3) is 0 Å². The molecule has 1 aliphatic rings. The van der Waals surface area contributed by atoms with Crippen LogP contribution in [0.2, 0.25) is 0 Å². The van der Waals surface area contributed by atoms with Gasteiger partial charge in [0.15, 0.2) is 0 Å². The molecule has 0 aromatic heterocycles. The van der Waals surface area contributed by atoms with Gasteiger partial charge in [-0.3, -0.25) is 4.79 Å². The molecule has 18 heavy (non-hydrogen) atoms. The maximum atomic E-state index is 12.7. The molecular weight excluding hydrogens is 224 g/mol. The van der Waals surface area contributed by atoms with E-state index in [2.05, 4.69) is 37.9 Å². The summed E-state index contributed by atoms with van der Waals surface area (Å²) in [6.45, 7) is 11.7. The highest BCUT2D eigenvalue weighted by molar-refractivity contribution is 5.79. The van der Waals surface area contributed by atoms with Crippen molar-refractivity contribution >= 4 is 5.91 Å². The standard InChI is InChI=1S/C15H30N2O/c1-5-14(6-2)17(11-12(3)4)15(18)13-7-9-16-10-8-13/h12-14,16H,5-11H2,1-4H3. The summed E-state index contributed by atoms with van der Waals surface area (Å²) in [5.41, 5.74) is 0. The summed E-state index contributed by atoms with van der Waals surface area (Å²) < 4.78 is 0. The zero-order valence-corrected chi connectivity index (χ0v) is 12.5. The first-order chi connectivity index (χ1) is 8.60. The van der Waals surface area contributed by atoms with E-state index in [1.54, 1.807) is 0 Å². The summed E-state index contributed by atoms with van der Waals surface area (Å²) in [4.78, 5) is 14.9. The molecule has 1 N–H and O–H groups in total. The summed E-state index contributed by atoms with van der Waals surface area (Å²) in [6, 6.07) is 0.426. The predicted molar refractivity (Wildman–Crippen MR) is 76.5 cm³/mol. The van der Waals surface area contributed by atoms with Gasteiger partial charge in [-0.05, 0) is 44.7 Å². The predicted octanol–water partition coefficient (Wildman–Crippen LogP) is 2.66. The highest BCUT2D eigenvalue weighted by Gasteiger charge is 2.29. The summed E-state index contributed by atoms with van der Waals surface area (Å²) >= 11 is 0. The van der Waals surface area contributed by atoms with E-state index in [-0.39, 0.29) is 5.92 Å². The quantitative estimate of drug-likeness (QED) is 0.790. The van der Waals surface area contributed by atoms with Crippen LogP contribution >= 0.6 is 0 Å². The molecule has 3 nitrogen and oxygen atoms in total. The first-order valence-corrected chi connectivity index (χ1v) is 7.61. The van der Waals surface area contributed by atoms with Crippen molar-refractivity contribution in [1.29, 1.82) is 0 Å². The van der Waals surface area contributed by atoms with Crippen LogP contribution in [0.3, 0.4) is 0 Å². The van der Waals surface area contributed by atoms with Crippen molar-refractivity contribution in [1.82, 2.24) is 10.2 Å². The van der Waals surface area contributed by atoms with Gasteiger partial charge in [-0.15, -0.1) is 0 Å². The van der Waals surface area contributed by atoms with Gasteiger partial charge in [-0.1, -0.05) is 27.7 Å². The third-order valence-corrected chi connectivity index (χ3v) is 3.92. The number of rotatable bonds is 6. The molecular formula is C15H30N2O. The van der Waals surface area contributed by atoms with Gasteiger partial charge in [0.05, 0.1) is 0 Å². The molecule has 1 rings (SSSR count). The molecule has 0 bridgehead atoms.